The summed E-state index contributed by atoms with van der Waals surface area (Å²) in [6.07, 6.45) is -0.00695. The van der Waals surface area contributed by atoms with Crippen molar-refractivity contribution in [3.63, 3.8) is 0 Å². The van der Waals surface area contributed by atoms with E-state index in [1.165, 1.54) is 0 Å². The van der Waals surface area contributed by atoms with E-state index in [-0.39, 0.29) is 18.6 Å². The molecule has 0 bridgehead atoms. The molecule has 0 spiro atoms. The highest BCUT2D eigenvalue weighted by Crippen LogP contribution is 2.23. The molecule has 1 N–H and O–H groups in total. The third-order valence-corrected chi connectivity index (χ3v) is 4.94. The highest BCUT2D eigenvalue weighted by molar-refractivity contribution is 7.12. The number of ketones is 1. The number of esters is 1. The summed E-state index contributed by atoms with van der Waals surface area (Å²) >= 11 is 7.58. The lowest BCUT2D eigenvalue weighted by atomic mass is 10.1. The first-order valence-corrected chi connectivity index (χ1v) is 9.27. The Kier molecular flexibility index (Phi) is 6.94. The Morgan fingerprint density at radius 1 is 1.12 bits per heavy atom. The zero-order chi connectivity index (χ0) is 19.3. The molecule has 0 fully saturated rings. The summed E-state index contributed by atoms with van der Waals surface area (Å²) in [7, 11) is 0. The molecular formula is C19H20ClNO4S. The molecule has 0 radical (unpaired) electrons. The summed E-state index contributed by atoms with van der Waals surface area (Å²) in [6, 6.07) is 7.05. The van der Waals surface area contributed by atoms with Crippen molar-refractivity contribution >= 4 is 46.3 Å². The SMILES string of the molecule is Cc1ccc(NC(=O)COC(=O)CCC(=O)c2cc(C)sc2C)c(Cl)c1. The summed E-state index contributed by atoms with van der Waals surface area (Å²) in [5.74, 6) is -1.17. The number of Topliss-reactive ketones (excluding diaryl/α,β-unsaturated/α-hetero) is 1. The predicted molar refractivity (Wildman–Crippen MR) is 103 cm³/mol. The molecule has 1 aromatic carbocycles. The number of hydrogen-bond donors (Lipinski definition) is 1. The van der Waals surface area contributed by atoms with E-state index in [9.17, 15) is 14.4 Å². The highest BCUT2D eigenvalue weighted by atomic mass is 35.5. The van der Waals surface area contributed by atoms with E-state index >= 15 is 0 Å². The van der Waals surface area contributed by atoms with Gasteiger partial charge in [0.05, 0.1) is 17.1 Å². The first kappa shape index (κ1) is 20.1. The quantitative estimate of drug-likeness (QED) is 0.556. The second-order valence-electron chi connectivity index (χ2n) is 5.94. The molecule has 2 rings (SSSR count). The Morgan fingerprint density at radius 3 is 2.46 bits per heavy atom. The monoisotopic (exact) mass is 393 g/mol. The predicted octanol–water partition coefficient (Wildman–Crippen LogP) is 4.47. The van der Waals surface area contributed by atoms with Crippen LogP contribution in [0.1, 0.15) is 38.5 Å². The molecule has 1 heterocycles. The molecule has 1 amide bonds. The summed E-state index contributed by atoms with van der Waals surface area (Å²) < 4.78 is 4.92. The number of amides is 1. The molecule has 0 unspecified atom stereocenters. The van der Waals surface area contributed by atoms with Crippen LogP contribution in [0.25, 0.3) is 0 Å². The Balaban J connectivity index is 1.76. The van der Waals surface area contributed by atoms with Crippen LogP contribution in [0, 0.1) is 20.8 Å². The molecule has 26 heavy (non-hydrogen) atoms. The van der Waals surface area contributed by atoms with Crippen molar-refractivity contribution in [3.8, 4) is 0 Å². The Hall–Kier alpha value is -2.18. The molecule has 0 aliphatic carbocycles. The van der Waals surface area contributed by atoms with Crippen LogP contribution in [0.5, 0.6) is 0 Å². The van der Waals surface area contributed by atoms with Gasteiger partial charge in [0.2, 0.25) is 0 Å². The normalized spacial score (nSPS) is 10.5. The first-order chi connectivity index (χ1) is 12.3. The smallest absolute Gasteiger partial charge is 0.306 e. The summed E-state index contributed by atoms with van der Waals surface area (Å²) in [5, 5.41) is 2.99. The maximum atomic E-state index is 12.1. The number of anilines is 1. The third kappa shape index (κ3) is 5.68. The number of carbonyl (C=O) groups is 3. The second-order valence-corrected chi connectivity index (χ2v) is 7.81. The van der Waals surface area contributed by atoms with Gasteiger partial charge in [-0.05, 0) is 44.5 Å². The van der Waals surface area contributed by atoms with Crippen LogP contribution in [0.2, 0.25) is 5.02 Å². The molecule has 2 aromatic rings. The van der Waals surface area contributed by atoms with Gasteiger partial charge in [-0.1, -0.05) is 17.7 Å². The number of rotatable bonds is 7. The standard InChI is InChI=1S/C19H20ClNO4S/c1-11-4-5-16(15(20)8-11)21-18(23)10-25-19(24)7-6-17(22)14-9-12(2)26-13(14)3/h4-5,8-9H,6-7,10H2,1-3H3,(H,21,23). The van der Waals surface area contributed by atoms with Crippen LogP contribution in [0.3, 0.4) is 0 Å². The van der Waals surface area contributed by atoms with Crippen LogP contribution in [0.4, 0.5) is 5.69 Å². The second kappa shape index (κ2) is 8.96. The molecule has 1 aromatic heterocycles. The van der Waals surface area contributed by atoms with Crippen LogP contribution in [-0.4, -0.2) is 24.3 Å². The van der Waals surface area contributed by atoms with Gasteiger partial charge in [-0.3, -0.25) is 14.4 Å². The minimum absolute atomic E-state index is 0.0568. The van der Waals surface area contributed by atoms with E-state index in [0.717, 1.165) is 15.3 Å². The van der Waals surface area contributed by atoms with Crippen molar-refractivity contribution in [3.05, 3.63) is 50.2 Å². The molecule has 0 aliphatic heterocycles. The van der Waals surface area contributed by atoms with Gasteiger partial charge in [-0.25, -0.2) is 0 Å². The van der Waals surface area contributed by atoms with Crippen LogP contribution in [0.15, 0.2) is 24.3 Å². The van der Waals surface area contributed by atoms with Gasteiger partial charge in [0, 0.05) is 21.7 Å². The maximum absolute atomic E-state index is 12.1. The zero-order valence-electron chi connectivity index (χ0n) is 14.8. The topological polar surface area (TPSA) is 72.5 Å². The molecule has 138 valence electrons. The van der Waals surface area contributed by atoms with E-state index in [1.807, 2.05) is 32.9 Å². The van der Waals surface area contributed by atoms with Gasteiger partial charge in [0.25, 0.3) is 5.91 Å². The Morgan fingerprint density at radius 2 is 1.85 bits per heavy atom. The van der Waals surface area contributed by atoms with Gasteiger partial charge in [0.1, 0.15) is 0 Å². The van der Waals surface area contributed by atoms with E-state index in [4.69, 9.17) is 16.3 Å². The van der Waals surface area contributed by atoms with Gasteiger partial charge in [-0.15, -0.1) is 11.3 Å². The van der Waals surface area contributed by atoms with Crippen molar-refractivity contribution in [1.82, 2.24) is 0 Å². The molecule has 0 atom stereocenters. The lowest BCUT2D eigenvalue weighted by molar-refractivity contribution is -0.147. The van der Waals surface area contributed by atoms with Crippen LogP contribution in [-0.2, 0) is 14.3 Å². The average Bonchev–Trinajstić information content (AvgIpc) is 2.92. The van der Waals surface area contributed by atoms with Crippen molar-refractivity contribution in [1.29, 1.82) is 0 Å². The molecule has 0 saturated carbocycles. The lowest BCUT2D eigenvalue weighted by Gasteiger charge is -2.08. The van der Waals surface area contributed by atoms with Crippen molar-refractivity contribution in [2.75, 3.05) is 11.9 Å². The number of thiophene rings is 1. The fraction of sp³-hybridized carbons (Fsp3) is 0.316. The van der Waals surface area contributed by atoms with Gasteiger partial charge in [0.15, 0.2) is 12.4 Å². The van der Waals surface area contributed by atoms with E-state index in [1.54, 1.807) is 23.5 Å². The highest BCUT2D eigenvalue weighted by Gasteiger charge is 2.15. The number of ether oxygens (including phenoxy) is 1. The maximum Gasteiger partial charge on any atom is 0.306 e. The fourth-order valence-electron chi connectivity index (χ4n) is 2.38. The van der Waals surface area contributed by atoms with E-state index in [2.05, 4.69) is 5.32 Å². The van der Waals surface area contributed by atoms with Crippen LogP contribution < -0.4 is 5.32 Å². The summed E-state index contributed by atoms with van der Waals surface area (Å²) in [4.78, 5) is 37.7. The minimum Gasteiger partial charge on any atom is -0.456 e. The number of carbonyl (C=O) groups excluding carboxylic acids is 3. The van der Waals surface area contributed by atoms with E-state index < -0.39 is 18.5 Å². The van der Waals surface area contributed by atoms with Crippen LogP contribution >= 0.6 is 22.9 Å². The third-order valence-electron chi connectivity index (χ3n) is 3.66. The molecule has 5 nitrogen and oxygen atoms in total. The molecule has 0 saturated heterocycles. The number of halogens is 1. The largest absolute Gasteiger partial charge is 0.456 e. The van der Waals surface area contributed by atoms with Crippen molar-refractivity contribution < 1.29 is 19.1 Å². The van der Waals surface area contributed by atoms with Gasteiger partial charge in [-0.2, -0.15) is 0 Å². The number of aryl methyl sites for hydroxylation is 3. The average molecular weight is 394 g/mol. The zero-order valence-corrected chi connectivity index (χ0v) is 16.4. The molecule has 0 aliphatic rings. The Bertz CT molecular complexity index is 844. The molecular weight excluding hydrogens is 374 g/mol. The summed E-state index contributed by atoms with van der Waals surface area (Å²) in [5.41, 5.74) is 2.07. The number of nitrogens with one attached hydrogen (secondary N) is 1. The van der Waals surface area contributed by atoms with Gasteiger partial charge < -0.3 is 10.1 Å². The van der Waals surface area contributed by atoms with Crippen molar-refractivity contribution in [2.24, 2.45) is 0 Å². The van der Waals surface area contributed by atoms with Crippen molar-refractivity contribution in [2.45, 2.75) is 33.6 Å². The minimum atomic E-state index is -0.590. The fourth-order valence-corrected chi connectivity index (χ4v) is 3.61. The lowest BCUT2D eigenvalue weighted by Crippen LogP contribution is -2.21. The van der Waals surface area contributed by atoms with Gasteiger partial charge >= 0.3 is 5.97 Å². The Labute approximate surface area is 161 Å². The molecule has 7 heteroatoms. The number of hydrogen-bond acceptors (Lipinski definition) is 5. The van der Waals surface area contributed by atoms with E-state index in [0.29, 0.717) is 16.3 Å². The number of benzene rings is 1. The first-order valence-electron chi connectivity index (χ1n) is 8.08. The summed E-state index contributed by atoms with van der Waals surface area (Å²) in [6.45, 7) is 5.28.